The fourth-order valence-corrected chi connectivity index (χ4v) is 4.34. The lowest BCUT2D eigenvalue weighted by Gasteiger charge is -2.22. The number of benzene rings is 1. The van der Waals surface area contributed by atoms with Gasteiger partial charge in [-0.2, -0.15) is 0 Å². The molecule has 0 radical (unpaired) electrons. The standard InChI is InChI=1S/C21H21NO2S/c1-14-18(10-11-24-14)21(23)22-20(19-7-4-12-25-19)17-9-8-15-5-2-3-6-16(15)13-17/h4,7-13,20H,2-3,5-6H2,1H3,(H,22,23). The molecule has 2 heterocycles. The Labute approximate surface area is 151 Å². The number of hydrogen-bond acceptors (Lipinski definition) is 3. The molecule has 3 nitrogen and oxygen atoms in total. The SMILES string of the molecule is Cc1occc1C(=O)NC(c1ccc2c(c1)CCCC2)c1cccs1. The monoisotopic (exact) mass is 351 g/mol. The van der Waals surface area contributed by atoms with Gasteiger partial charge in [-0.1, -0.05) is 24.3 Å². The summed E-state index contributed by atoms with van der Waals surface area (Å²) in [5, 5.41) is 5.25. The van der Waals surface area contributed by atoms with Crippen LogP contribution in [0.4, 0.5) is 0 Å². The number of furan rings is 1. The Hall–Kier alpha value is -2.33. The molecule has 1 aliphatic carbocycles. The van der Waals surface area contributed by atoms with Crippen molar-refractivity contribution in [1.82, 2.24) is 5.32 Å². The first-order chi connectivity index (χ1) is 12.2. The molecule has 1 amide bonds. The highest BCUT2D eigenvalue weighted by atomic mass is 32.1. The van der Waals surface area contributed by atoms with E-state index in [0.717, 1.165) is 16.9 Å². The number of aryl methyl sites for hydroxylation is 3. The van der Waals surface area contributed by atoms with E-state index in [2.05, 4.69) is 35.0 Å². The molecule has 25 heavy (non-hydrogen) atoms. The topological polar surface area (TPSA) is 42.2 Å². The minimum absolute atomic E-state index is 0.0950. The van der Waals surface area contributed by atoms with Gasteiger partial charge < -0.3 is 9.73 Å². The number of carbonyl (C=O) groups is 1. The van der Waals surface area contributed by atoms with E-state index >= 15 is 0 Å². The predicted octanol–water partition coefficient (Wildman–Crippen LogP) is 5.05. The van der Waals surface area contributed by atoms with Gasteiger partial charge >= 0.3 is 0 Å². The average molecular weight is 351 g/mol. The van der Waals surface area contributed by atoms with E-state index in [0.29, 0.717) is 11.3 Å². The number of hydrogen-bond donors (Lipinski definition) is 1. The lowest BCUT2D eigenvalue weighted by Crippen LogP contribution is -2.29. The van der Waals surface area contributed by atoms with E-state index < -0.39 is 0 Å². The molecule has 1 unspecified atom stereocenters. The fraction of sp³-hybridized carbons (Fsp3) is 0.286. The Morgan fingerprint density at radius 1 is 1.16 bits per heavy atom. The summed E-state index contributed by atoms with van der Waals surface area (Å²) in [5.41, 5.74) is 4.63. The van der Waals surface area contributed by atoms with Crippen LogP contribution in [-0.2, 0) is 12.8 Å². The molecule has 2 aromatic heterocycles. The van der Waals surface area contributed by atoms with Gasteiger partial charge in [0, 0.05) is 4.88 Å². The largest absolute Gasteiger partial charge is 0.469 e. The van der Waals surface area contributed by atoms with Gasteiger partial charge in [0.2, 0.25) is 0 Å². The van der Waals surface area contributed by atoms with Crippen molar-refractivity contribution >= 4 is 17.2 Å². The first kappa shape index (κ1) is 16.2. The molecule has 4 heteroatoms. The molecule has 0 fully saturated rings. The number of amides is 1. The van der Waals surface area contributed by atoms with Crippen LogP contribution >= 0.6 is 11.3 Å². The maximum Gasteiger partial charge on any atom is 0.255 e. The molecule has 1 N–H and O–H groups in total. The van der Waals surface area contributed by atoms with Crippen LogP contribution in [0, 0.1) is 6.92 Å². The van der Waals surface area contributed by atoms with Crippen molar-refractivity contribution in [2.45, 2.75) is 38.6 Å². The zero-order chi connectivity index (χ0) is 17.2. The Kier molecular flexibility index (Phi) is 4.45. The van der Waals surface area contributed by atoms with Gasteiger partial charge in [0.05, 0.1) is 17.9 Å². The normalized spacial score (nSPS) is 14.8. The summed E-state index contributed by atoms with van der Waals surface area (Å²) in [4.78, 5) is 13.9. The summed E-state index contributed by atoms with van der Waals surface area (Å²) >= 11 is 1.67. The summed E-state index contributed by atoms with van der Waals surface area (Å²) in [6.45, 7) is 1.81. The molecule has 0 bridgehead atoms. The lowest BCUT2D eigenvalue weighted by atomic mass is 9.89. The van der Waals surface area contributed by atoms with Gasteiger partial charge in [0.15, 0.2) is 0 Å². The number of fused-ring (bicyclic) bond motifs is 1. The van der Waals surface area contributed by atoms with Crippen molar-refractivity contribution in [2.24, 2.45) is 0 Å². The number of nitrogens with one attached hydrogen (secondary N) is 1. The number of carbonyl (C=O) groups excluding carboxylic acids is 1. The third kappa shape index (κ3) is 3.27. The summed E-state index contributed by atoms with van der Waals surface area (Å²) in [5.74, 6) is 0.551. The molecule has 0 aliphatic heterocycles. The first-order valence-electron chi connectivity index (χ1n) is 8.72. The van der Waals surface area contributed by atoms with E-state index in [1.807, 2.05) is 13.0 Å². The average Bonchev–Trinajstić information content (AvgIpc) is 3.31. The zero-order valence-corrected chi connectivity index (χ0v) is 15.1. The molecule has 1 aliphatic rings. The van der Waals surface area contributed by atoms with Crippen molar-refractivity contribution in [3.05, 3.63) is 80.9 Å². The Balaban J connectivity index is 1.67. The molecule has 1 aromatic carbocycles. The Morgan fingerprint density at radius 2 is 2.00 bits per heavy atom. The second-order valence-electron chi connectivity index (χ2n) is 6.55. The third-order valence-electron chi connectivity index (χ3n) is 4.91. The van der Waals surface area contributed by atoms with Crippen LogP contribution in [0.2, 0.25) is 0 Å². The highest BCUT2D eigenvalue weighted by Gasteiger charge is 2.22. The lowest BCUT2D eigenvalue weighted by molar-refractivity contribution is 0.0942. The summed E-state index contributed by atoms with van der Waals surface area (Å²) < 4.78 is 5.28. The van der Waals surface area contributed by atoms with Crippen LogP contribution in [0.15, 0.2) is 52.5 Å². The van der Waals surface area contributed by atoms with E-state index in [9.17, 15) is 4.79 Å². The van der Waals surface area contributed by atoms with Crippen molar-refractivity contribution in [3.8, 4) is 0 Å². The van der Waals surface area contributed by atoms with Gasteiger partial charge in [-0.15, -0.1) is 11.3 Å². The zero-order valence-electron chi connectivity index (χ0n) is 14.2. The Bertz CT molecular complexity index is 879. The smallest absolute Gasteiger partial charge is 0.255 e. The van der Waals surface area contributed by atoms with Gasteiger partial charge in [-0.25, -0.2) is 0 Å². The number of rotatable bonds is 4. The van der Waals surface area contributed by atoms with Crippen LogP contribution in [0.1, 0.15) is 56.6 Å². The van der Waals surface area contributed by atoms with Crippen molar-refractivity contribution < 1.29 is 9.21 Å². The highest BCUT2D eigenvalue weighted by Crippen LogP contribution is 2.30. The van der Waals surface area contributed by atoms with Crippen molar-refractivity contribution in [3.63, 3.8) is 0 Å². The van der Waals surface area contributed by atoms with E-state index in [1.54, 1.807) is 23.7 Å². The number of thiophene rings is 1. The first-order valence-corrected chi connectivity index (χ1v) is 9.60. The van der Waals surface area contributed by atoms with Crippen LogP contribution < -0.4 is 5.32 Å². The maximum atomic E-state index is 12.7. The molecular formula is C21H21NO2S. The summed E-state index contributed by atoms with van der Waals surface area (Å²) in [6.07, 6.45) is 6.39. The van der Waals surface area contributed by atoms with Crippen LogP contribution in [-0.4, -0.2) is 5.91 Å². The quantitative estimate of drug-likeness (QED) is 0.715. The minimum Gasteiger partial charge on any atom is -0.469 e. The summed E-state index contributed by atoms with van der Waals surface area (Å²) in [6, 6.07) is 12.4. The minimum atomic E-state index is -0.131. The van der Waals surface area contributed by atoms with E-state index in [-0.39, 0.29) is 11.9 Å². The maximum absolute atomic E-state index is 12.7. The fourth-order valence-electron chi connectivity index (χ4n) is 3.54. The van der Waals surface area contributed by atoms with Crippen LogP contribution in [0.3, 0.4) is 0 Å². The van der Waals surface area contributed by atoms with Crippen molar-refractivity contribution in [2.75, 3.05) is 0 Å². The highest BCUT2D eigenvalue weighted by molar-refractivity contribution is 7.10. The second-order valence-corrected chi connectivity index (χ2v) is 7.53. The van der Waals surface area contributed by atoms with Crippen LogP contribution in [0.25, 0.3) is 0 Å². The molecule has 0 spiro atoms. The van der Waals surface area contributed by atoms with Crippen LogP contribution in [0.5, 0.6) is 0 Å². The van der Waals surface area contributed by atoms with Crippen molar-refractivity contribution in [1.29, 1.82) is 0 Å². The molecule has 128 valence electrons. The third-order valence-corrected chi connectivity index (χ3v) is 5.85. The molecule has 1 atom stereocenters. The Morgan fingerprint density at radius 3 is 2.72 bits per heavy atom. The molecule has 0 saturated heterocycles. The molecular weight excluding hydrogens is 330 g/mol. The van der Waals surface area contributed by atoms with Gasteiger partial charge in [-0.3, -0.25) is 4.79 Å². The van der Waals surface area contributed by atoms with Gasteiger partial charge in [-0.05, 0) is 66.8 Å². The summed E-state index contributed by atoms with van der Waals surface area (Å²) in [7, 11) is 0. The van der Waals surface area contributed by atoms with Gasteiger partial charge in [0.25, 0.3) is 5.91 Å². The second kappa shape index (κ2) is 6.89. The van der Waals surface area contributed by atoms with E-state index in [1.165, 1.54) is 30.4 Å². The molecule has 0 saturated carbocycles. The predicted molar refractivity (Wildman–Crippen MR) is 100 cm³/mol. The molecule has 3 aromatic rings. The van der Waals surface area contributed by atoms with E-state index in [4.69, 9.17) is 4.42 Å². The van der Waals surface area contributed by atoms with Gasteiger partial charge in [0.1, 0.15) is 5.76 Å². The molecule has 4 rings (SSSR count).